The summed E-state index contributed by atoms with van der Waals surface area (Å²) in [6, 6.07) is 17.4. The Morgan fingerprint density at radius 3 is 2.43 bits per heavy atom. The van der Waals surface area contributed by atoms with Crippen molar-refractivity contribution in [2.45, 2.75) is 83.1 Å². The fourth-order valence-electron chi connectivity index (χ4n) is 7.03. The molecule has 6 nitrogen and oxygen atoms in total. The third-order valence-corrected chi connectivity index (χ3v) is 9.67. The lowest BCUT2D eigenvalue weighted by Crippen LogP contribution is -2.36. The third-order valence-electron chi connectivity index (χ3n) is 9.67. The molecule has 4 heterocycles. The van der Waals surface area contributed by atoms with E-state index in [0.29, 0.717) is 0 Å². The molecule has 47 heavy (non-hydrogen) atoms. The maximum absolute atomic E-state index is 4.52. The van der Waals surface area contributed by atoms with Gasteiger partial charge in [0.2, 0.25) is 0 Å². The van der Waals surface area contributed by atoms with Crippen LogP contribution in [0.15, 0.2) is 97.8 Å². The number of aromatic amines is 1. The molecular formula is C41H48N6. The van der Waals surface area contributed by atoms with Crippen LogP contribution in [0.4, 0.5) is 11.5 Å². The van der Waals surface area contributed by atoms with Crippen molar-refractivity contribution in [3.05, 3.63) is 120 Å². The van der Waals surface area contributed by atoms with Gasteiger partial charge in [0.05, 0.1) is 11.4 Å². The van der Waals surface area contributed by atoms with Crippen molar-refractivity contribution in [2.24, 2.45) is 0 Å². The normalized spacial score (nSPS) is 14.9. The van der Waals surface area contributed by atoms with Gasteiger partial charge in [-0.05, 0) is 80.7 Å². The number of hydrogen-bond acceptors (Lipinski definition) is 4. The van der Waals surface area contributed by atoms with Gasteiger partial charge in [0.15, 0.2) is 0 Å². The first-order valence-corrected chi connectivity index (χ1v) is 17.1. The fourth-order valence-corrected chi connectivity index (χ4v) is 7.03. The Bertz CT molecular complexity index is 1990. The van der Waals surface area contributed by atoms with E-state index in [2.05, 4.69) is 106 Å². The summed E-state index contributed by atoms with van der Waals surface area (Å²) in [6.45, 7) is 21.8. The van der Waals surface area contributed by atoms with Gasteiger partial charge >= 0.3 is 0 Å². The summed E-state index contributed by atoms with van der Waals surface area (Å²) >= 11 is 0. The molecule has 2 aromatic carbocycles. The molecule has 1 fully saturated rings. The molecule has 3 N–H and O–H groups in total. The summed E-state index contributed by atoms with van der Waals surface area (Å²) in [5, 5.41) is 12.3. The number of nitrogens with zero attached hydrogens (tertiary/aromatic N) is 3. The predicted octanol–water partition coefficient (Wildman–Crippen LogP) is 8.89. The van der Waals surface area contributed by atoms with E-state index in [0.717, 1.165) is 83.2 Å². The number of nitrogens with one attached hydrogen (secondary N) is 3. The molecule has 0 aliphatic carbocycles. The van der Waals surface area contributed by atoms with E-state index in [1.807, 2.05) is 12.3 Å². The van der Waals surface area contributed by atoms with Crippen LogP contribution in [-0.2, 0) is 12.8 Å². The zero-order valence-electron chi connectivity index (χ0n) is 27.7. The van der Waals surface area contributed by atoms with E-state index in [4.69, 9.17) is 0 Å². The summed E-state index contributed by atoms with van der Waals surface area (Å²) in [7, 11) is 0. The SMILES string of the molecule is C=C(CCCCCCCCc1ccc(Nc2ncnc3[nH]ccc23)cc1)CCc1cccc2c(=C)n(C3CCC(=C)NC3=C)c(=C)c12. The van der Waals surface area contributed by atoms with Gasteiger partial charge in [0.25, 0.3) is 0 Å². The van der Waals surface area contributed by atoms with E-state index in [-0.39, 0.29) is 6.04 Å². The number of piperidine rings is 1. The topological polar surface area (TPSA) is 70.6 Å². The first-order chi connectivity index (χ1) is 22.9. The molecule has 1 saturated heterocycles. The maximum atomic E-state index is 4.52. The molecule has 6 rings (SSSR count). The van der Waals surface area contributed by atoms with Crippen LogP contribution < -0.4 is 21.3 Å². The minimum absolute atomic E-state index is 0.151. The monoisotopic (exact) mass is 624 g/mol. The maximum Gasteiger partial charge on any atom is 0.143 e. The van der Waals surface area contributed by atoms with Crippen LogP contribution in [0.2, 0.25) is 0 Å². The highest BCUT2D eigenvalue weighted by Crippen LogP contribution is 2.28. The standard InChI is InChI=1S/C41H48N6/c1-28(17-21-34-15-12-16-36-31(4)47(32(5)39(34)36)38-24-18-29(2)45-30(38)3)13-10-8-6-7-9-11-14-33-19-22-35(23-20-33)46-41-37-25-26-42-40(37)43-27-44-41/h12,15-16,19-20,22-23,25-27,38,45H,1-11,13-14,17-18,21,24H2,(H2,42,43,44,46). The van der Waals surface area contributed by atoms with Gasteiger partial charge in [-0.25, -0.2) is 9.97 Å². The zero-order chi connectivity index (χ0) is 32.8. The molecule has 3 aromatic heterocycles. The number of H-pyrrole nitrogens is 1. The van der Waals surface area contributed by atoms with Crippen LogP contribution in [-0.4, -0.2) is 19.5 Å². The smallest absolute Gasteiger partial charge is 0.143 e. The number of aryl methyl sites for hydroxylation is 2. The zero-order valence-corrected chi connectivity index (χ0v) is 27.7. The van der Waals surface area contributed by atoms with E-state index in [9.17, 15) is 0 Å². The molecule has 1 atom stereocenters. The van der Waals surface area contributed by atoms with Crippen LogP contribution in [0, 0.1) is 0 Å². The average molecular weight is 625 g/mol. The van der Waals surface area contributed by atoms with E-state index >= 15 is 0 Å². The molecule has 0 amide bonds. The van der Waals surface area contributed by atoms with Crippen LogP contribution in [0.1, 0.15) is 81.4 Å². The lowest BCUT2D eigenvalue weighted by molar-refractivity contribution is 0.458. The molecule has 6 heteroatoms. The van der Waals surface area contributed by atoms with Crippen LogP contribution in [0.3, 0.4) is 0 Å². The van der Waals surface area contributed by atoms with Crippen molar-refractivity contribution in [3.63, 3.8) is 0 Å². The number of rotatable bonds is 15. The predicted molar refractivity (Wildman–Crippen MR) is 199 cm³/mol. The van der Waals surface area contributed by atoms with Gasteiger partial charge in [-0.3, -0.25) is 0 Å². The van der Waals surface area contributed by atoms with Gasteiger partial charge in [0, 0.05) is 44.7 Å². The Kier molecular flexibility index (Phi) is 10.1. The Balaban J connectivity index is 0.887. The Hall–Kier alpha value is -4.84. The van der Waals surface area contributed by atoms with Crippen molar-refractivity contribution in [1.29, 1.82) is 0 Å². The number of fused-ring (bicyclic) bond motifs is 2. The fraction of sp³-hybridized carbons (Fsp3) is 0.317. The molecule has 0 saturated carbocycles. The van der Waals surface area contributed by atoms with Gasteiger partial charge in [-0.2, -0.15) is 0 Å². The Morgan fingerprint density at radius 1 is 0.830 bits per heavy atom. The van der Waals surface area contributed by atoms with E-state index in [1.54, 1.807) is 6.33 Å². The summed E-state index contributed by atoms with van der Waals surface area (Å²) in [5.41, 5.74) is 7.96. The highest BCUT2D eigenvalue weighted by atomic mass is 15.1. The second-order valence-electron chi connectivity index (χ2n) is 13.1. The summed E-state index contributed by atoms with van der Waals surface area (Å²) in [4.78, 5) is 11.8. The van der Waals surface area contributed by atoms with Crippen molar-refractivity contribution in [1.82, 2.24) is 24.8 Å². The highest BCUT2D eigenvalue weighted by Gasteiger charge is 2.23. The molecule has 1 aliphatic rings. The second kappa shape index (κ2) is 14.7. The lowest BCUT2D eigenvalue weighted by Gasteiger charge is -2.29. The number of aromatic nitrogens is 4. The first kappa shape index (κ1) is 32.1. The largest absolute Gasteiger partial charge is 0.362 e. The molecule has 1 unspecified atom stereocenters. The minimum atomic E-state index is 0.151. The van der Waals surface area contributed by atoms with Gasteiger partial charge in [-0.15, -0.1) is 0 Å². The summed E-state index contributed by atoms with van der Waals surface area (Å²) < 4.78 is 2.28. The molecule has 242 valence electrons. The Labute approximate surface area is 278 Å². The van der Waals surface area contributed by atoms with Gasteiger partial charge in [-0.1, -0.05) is 94.5 Å². The van der Waals surface area contributed by atoms with Crippen LogP contribution in [0.5, 0.6) is 0 Å². The van der Waals surface area contributed by atoms with E-state index in [1.165, 1.54) is 66.0 Å². The number of unbranched alkanes of at least 4 members (excludes halogenated alkanes) is 5. The molecule has 5 aromatic rings. The van der Waals surface area contributed by atoms with Crippen LogP contribution in [0.25, 0.3) is 35.0 Å². The summed E-state index contributed by atoms with van der Waals surface area (Å²) in [6.07, 6.45) is 17.2. The number of anilines is 2. The molecule has 0 spiro atoms. The van der Waals surface area contributed by atoms with Crippen LogP contribution >= 0.6 is 0 Å². The van der Waals surface area contributed by atoms with Crippen molar-refractivity contribution < 1.29 is 0 Å². The van der Waals surface area contributed by atoms with E-state index < -0.39 is 0 Å². The second-order valence-corrected chi connectivity index (χ2v) is 13.1. The average Bonchev–Trinajstić information content (AvgIpc) is 3.65. The molecular weight excluding hydrogens is 576 g/mol. The van der Waals surface area contributed by atoms with Gasteiger partial charge in [0.1, 0.15) is 17.8 Å². The molecule has 0 bridgehead atoms. The Morgan fingerprint density at radius 2 is 1.62 bits per heavy atom. The quantitative estimate of drug-likeness (QED) is 0.0804. The molecule has 0 radical (unpaired) electrons. The third kappa shape index (κ3) is 7.43. The van der Waals surface area contributed by atoms with Crippen molar-refractivity contribution >= 4 is 46.5 Å². The highest BCUT2D eigenvalue weighted by molar-refractivity contribution is 5.89. The minimum Gasteiger partial charge on any atom is -0.362 e. The van der Waals surface area contributed by atoms with Crippen molar-refractivity contribution in [3.8, 4) is 0 Å². The lowest BCUT2D eigenvalue weighted by atomic mass is 9.97. The number of benzene rings is 2. The first-order valence-electron chi connectivity index (χ1n) is 17.1. The van der Waals surface area contributed by atoms with Crippen molar-refractivity contribution in [2.75, 3.05) is 5.32 Å². The number of hydrogen-bond donors (Lipinski definition) is 3. The van der Waals surface area contributed by atoms with Gasteiger partial charge < -0.3 is 20.2 Å². The molecule has 1 aliphatic heterocycles. The number of allylic oxidation sites excluding steroid dienone is 3. The summed E-state index contributed by atoms with van der Waals surface area (Å²) in [5.74, 6) is 0.823.